The Hall–Kier alpha value is -0.160. The van der Waals surface area contributed by atoms with Crippen LogP contribution in [0.1, 0.15) is 15.8 Å². The van der Waals surface area contributed by atoms with Gasteiger partial charge in [-0.15, -0.1) is 22.7 Å². The second-order valence-corrected chi connectivity index (χ2v) is 6.18. The van der Waals surface area contributed by atoms with Crippen molar-refractivity contribution in [3.63, 3.8) is 0 Å². The molecular formula is C11H12BrNS2. The fourth-order valence-corrected chi connectivity index (χ4v) is 3.79. The van der Waals surface area contributed by atoms with Crippen LogP contribution in [0, 0.1) is 0 Å². The average Bonchev–Trinajstić information content (AvgIpc) is 2.85. The maximum absolute atomic E-state index is 3.49. The van der Waals surface area contributed by atoms with E-state index in [2.05, 4.69) is 50.2 Å². The van der Waals surface area contributed by atoms with Gasteiger partial charge in [0, 0.05) is 32.1 Å². The van der Waals surface area contributed by atoms with Crippen molar-refractivity contribution in [3.8, 4) is 0 Å². The predicted octanol–water partition coefficient (Wildman–Crippen LogP) is 4.08. The second-order valence-electron chi connectivity index (χ2n) is 3.29. The van der Waals surface area contributed by atoms with E-state index in [1.165, 1.54) is 14.2 Å². The van der Waals surface area contributed by atoms with E-state index in [0.717, 1.165) is 6.42 Å². The summed E-state index contributed by atoms with van der Waals surface area (Å²) in [5.41, 5.74) is 0. The largest absolute Gasteiger partial charge is 0.312 e. The van der Waals surface area contributed by atoms with Gasteiger partial charge in [0.1, 0.15) is 0 Å². The number of rotatable bonds is 4. The summed E-state index contributed by atoms with van der Waals surface area (Å²) in [6.45, 7) is 0. The van der Waals surface area contributed by atoms with Gasteiger partial charge < -0.3 is 5.32 Å². The summed E-state index contributed by atoms with van der Waals surface area (Å²) in [6.07, 6.45) is 1.07. The molecule has 0 radical (unpaired) electrons. The molecule has 0 aliphatic heterocycles. The average molecular weight is 302 g/mol. The third-order valence-corrected chi connectivity index (χ3v) is 4.97. The highest BCUT2D eigenvalue weighted by Gasteiger charge is 2.12. The van der Waals surface area contributed by atoms with E-state index in [-0.39, 0.29) is 0 Å². The number of hydrogen-bond donors (Lipinski definition) is 1. The molecule has 1 N–H and O–H groups in total. The summed E-state index contributed by atoms with van der Waals surface area (Å²) in [5.74, 6) is 0. The smallest absolute Gasteiger partial charge is 0.0461 e. The molecular weight excluding hydrogens is 290 g/mol. The van der Waals surface area contributed by atoms with Gasteiger partial charge in [-0.1, -0.05) is 6.07 Å². The quantitative estimate of drug-likeness (QED) is 0.897. The first kappa shape index (κ1) is 11.3. The van der Waals surface area contributed by atoms with Crippen LogP contribution in [0.5, 0.6) is 0 Å². The van der Waals surface area contributed by atoms with Gasteiger partial charge >= 0.3 is 0 Å². The molecule has 2 heterocycles. The molecule has 0 spiro atoms. The van der Waals surface area contributed by atoms with Crippen LogP contribution in [0.4, 0.5) is 0 Å². The first-order valence-corrected chi connectivity index (χ1v) is 7.28. The van der Waals surface area contributed by atoms with Crippen LogP contribution in [0.25, 0.3) is 0 Å². The summed E-state index contributed by atoms with van der Waals surface area (Å²) in [4.78, 5) is 2.82. The third-order valence-electron chi connectivity index (χ3n) is 2.27. The van der Waals surface area contributed by atoms with Crippen LogP contribution in [-0.4, -0.2) is 7.05 Å². The second kappa shape index (κ2) is 5.25. The minimum atomic E-state index is 0.431. The van der Waals surface area contributed by atoms with Gasteiger partial charge in [0.15, 0.2) is 0 Å². The van der Waals surface area contributed by atoms with Gasteiger partial charge in [0.25, 0.3) is 0 Å². The minimum Gasteiger partial charge on any atom is -0.312 e. The van der Waals surface area contributed by atoms with E-state index in [4.69, 9.17) is 0 Å². The Morgan fingerprint density at radius 2 is 2.33 bits per heavy atom. The lowest BCUT2D eigenvalue weighted by Crippen LogP contribution is -2.17. The van der Waals surface area contributed by atoms with Gasteiger partial charge in [-0.25, -0.2) is 0 Å². The van der Waals surface area contributed by atoms with Gasteiger partial charge in [0.2, 0.25) is 0 Å². The van der Waals surface area contributed by atoms with Crippen LogP contribution >= 0.6 is 38.6 Å². The molecule has 4 heteroatoms. The Bertz CT molecular complexity index is 408. The van der Waals surface area contributed by atoms with Crippen molar-refractivity contribution in [1.82, 2.24) is 5.32 Å². The monoisotopic (exact) mass is 301 g/mol. The Balaban J connectivity index is 2.11. The minimum absolute atomic E-state index is 0.431. The number of nitrogens with one attached hydrogen (secondary N) is 1. The number of thiophene rings is 2. The van der Waals surface area contributed by atoms with Crippen molar-refractivity contribution in [1.29, 1.82) is 0 Å². The molecule has 0 fully saturated rings. The van der Waals surface area contributed by atoms with E-state index < -0.39 is 0 Å². The first-order chi connectivity index (χ1) is 7.29. The molecule has 1 atom stereocenters. The zero-order valence-corrected chi connectivity index (χ0v) is 11.6. The molecule has 1 unspecified atom stereocenters. The molecule has 1 nitrogen and oxygen atoms in total. The van der Waals surface area contributed by atoms with E-state index in [0.29, 0.717) is 6.04 Å². The Morgan fingerprint density at radius 1 is 1.47 bits per heavy atom. The van der Waals surface area contributed by atoms with Gasteiger partial charge in [-0.2, -0.15) is 0 Å². The van der Waals surface area contributed by atoms with E-state index in [9.17, 15) is 0 Å². The van der Waals surface area contributed by atoms with Crippen molar-refractivity contribution < 1.29 is 0 Å². The fraction of sp³-hybridized carbons (Fsp3) is 0.273. The predicted molar refractivity (Wildman–Crippen MR) is 71.8 cm³/mol. The first-order valence-electron chi connectivity index (χ1n) is 4.73. The maximum atomic E-state index is 3.49. The van der Waals surface area contributed by atoms with Crippen LogP contribution in [-0.2, 0) is 6.42 Å². The van der Waals surface area contributed by atoms with Crippen LogP contribution in [0.15, 0.2) is 33.4 Å². The van der Waals surface area contributed by atoms with Crippen LogP contribution < -0.4 is 5.32 Å². The Labute approximate surface area is 106 Å². The summed E-state index contributed by atoms with van der Waals surface area (Å²) in [5, 5.41) is 7.63. The SMILES string of the molecule is CNC(Cc1cccs1)c1cc(Br)cs1. The van der Waals surface area contributed by atoms with E-state index in [1.54, 1.807) is 11.3 Å². The van der Waals surface area contributed by atoms with E-state index >= 15 is 0 Å². The molecule has 0 bridgehead atoms. The molecule has 15 heavy (non-hydrogen) atoms. The number of likely N-dealkylation sites (N-methyl/N-ethyl adjacent to an activating group) is 1. The van der Waals surface area contributed by atoms with Gasteiger partial charge in [0.05, 0.1) is 0 Å². The number of halogens is 1. The highest BCUT2D eigenvalue weighted by atomic mass is 79.9. The molecule has 0 saturated carbocycles. The highest BCUT2D eigenvalue weighted by molar-refractivity contribution is 9.10. The lowest BCUT2D eigenvalue weighted by molar-refractivity contribution is 0.607. The normalized spacial score (nSPS) is 12.9. The van der Waals surface area contributed by atoms with Gasteiger partial charge in [-0.3, -0.25) is 0 Å². The summed E-state index contributed by atoms with van der Waals surface area (Å²) < 4.78 is 1.17. The standard InChI is InChI=1S/C11H12BrNS2/c1-13-10(6-9-3-2-4-14-9)11-5-8(12)7-15-11/h2-5,7,10,13H,6H2,1H3. The molecule has 2 aromatic rings. The lowest BCUT2D eigenvalue weighted by atomic mass is 10.1. The zero-order valence-electron chi connectivity index (χ0n) is 8.37. The molecule has 0 aliphatic rings. The van der Waals surface area contributed by atoms with Crippen molar-refractivity contribution in [3.05, 3.63) is 43.2 Å². The van der Waals surface area contributed by atoms with Crippen LogP contribution in [0.2, 0.25) is 0 Å². The molecule has 2 aromatic heterocycles. The molecule has 0 saturated heterocycles. The maximum Gasteiger partial charge on any atom is 0.0461 e. The van der Waals surface area contributed by atoms with Crippen molar-refractivity contribution >= 4 is 38.6 Å². The van der Waals surface area contributed by atoms with Crippen molar-refractivity contribution in [2.24, 2.45) is 0 Å². The number of hydrogen-bond acceptors (Lipinski definition) is 3. The summed E-state index contributed by atoms with van der Waals surface area (Å²) in [7, 11) is 2.02. The third kappa shape index (κ3) is 2.91. The molecule has 80 valence electrons. The lowest BCUT2D eigenvalue weighted by Gasteiger charge is -2.12. The van der Waals surface area contributed by atoms with Crippen molar-refractivity contribution in [2.75, 3.05) is 7.05 Å². The van der Waals surface area contributed by atoms with E-state index in [1.807, 2.05) is 18.4 Å². The van der Waals surface area contributed by atoms with Crippen molar-refractivity contribution in [2.45, 2.75) is 12.5 Å². The molecule has 2 rings (SSSR count). The topological polar surface area (TPSA) is 12.0 Å². The molecule has 0 aromatic carbocycles. The Morgan fingerprint density at radius 3 is 2.87 bits per heavy atom. The molecule has 0 amide bonds. The Kier molecular flexibility index (Phi) is 3.97. The summed E-state index contributed by atoms with van der Waals surface area (Å²) in [6, 6.07) is 6.92. The van der Waals surface area contributed by atoms with Gasteiger partial charge in [-0.05, 0) is 40.5 Å². The molecule has 0 aliphatic carbocycles. The zero-order chi connectivity index (χ0) is 10.7. The highest BCUT2D eigenvalue weighted by Crippen LogP contribution is 2.28. The fourth-order valence-electron chi connectivity index (χ4n) is 1.49. The van der Waals surface area contributed by atoms with Crippen LogP contribution in [0.3, 0.4) is 0 Å². The summed E-state index contributed by atoms with van der Waals surface area (Å²) >= 11 is 7.11.